The van der Waals surface area contributed by atoms with Crippen LogP contribution in [0, 0.1) is 12.7 Å². The lowest BCUT2D eigenvalue weighted by atomic mass is 10.1. The molecule has 0 radical (unpaired) electrons. The van der Waals surface area contributed by atoms with E-state index in [9.17, 15) is 9.18 Å². The first-order valence-electron chi connectivity index (χ1n) is 7.96. The van der Waals surface area contributed by atoms with Gasteiger partial charge in [0.25, 0.3) is 0 Å². The minimum absolute atomic E-state index is 0.0240. The van der Waals surface area contributed by atoms with Crippen molar-refractivity contribution in [3.63, 3.8) is 0 Å². The molecule has 3 aromatic rings. The summed E-state index contributed by atoms with van der Waals surface area (Å²) in [5.41, 5.74) is 3.92. The number of carbonyl (C=O) groups is 1. The highest BCUT2D eigenvalue weighted by Crippen LogP contribution is 2.16. The van der Waals surface area contributed by atoms with E-state index in [-0.39, 0.29) is 11.7 Å². The predicted octanol–water partition coefficient (Wildman–Crippen LogP) is 2.92. The summed E-state index contributed by atoms with van der Waals surface area (Å²) in [5.74, 6) is 0.679. The molecule has 5 heteroatoms. The summed E-state index contributed by atoms with van der Waals surface area (Å²) in [4.78, 5) is 16.6. The minimum Gasteiger partial charge on any atom is -0.355 e. The van der Waals surface area contributed by atoms with Gasteiger partial charge in [0.2, 0.25) is 5.91 Å². The summed E-state index contributed by atoms with van der Waals surface area (Å²) >= 11 is 0. The number of hydrogen-bond acceptors (Lipinski definition) is 2. The fraction of sp³-hybridized carbons (Fsp3) is 0.263. The third kappa shape index (κ3) is 3.62. The number of nitrogens with one attached hydrogen (secondary N) is 1. The third-order valence-electron chi connectivity index (χ3n) is 4.18. The number of rotatable bonds is 5. The van der Waals surface area contributed by atoms with Crippen LogP contribution in [-0.2, 0) is 24.7 Å². The highest BCUT2D eigenvalue weighted by Gasteiger charge is 2.08. The molecule has 2 aromatic carbocycles. The first-order chi connectivity index (χ1) is 11.5. The van der Waals surface area contributed by atoms with Crippen LogP contribution in [0.15, 0.2) is 42.5 Å². The molecule has 0 aliphatic rings. The summed E-state index contributed by atoms with van der Waals surface area (Å²) in [6, 6.07) is 12.3. The SMILES string of the molecule is Cc1nc2cc(CC(=O)NCCc3ccc(F)cc3)ccc2n1C. The van der Waals surface area contributed by atoms with Gasteiger partial charge >= 0.3 is 0 Å². The Bertz CT molecular complexity index is 868. The molecule has 24 heavy (non-hydrogen) atoms. The van der Waals surface area contributed by atoms with Crippen molar-refractivity contribution in [2.24, 2.45) is 7.05 Å². The molecule has 0 aliphatic carbocycles. The number of hydrogen-bond donors (Lipinski definition) is 1. The Morgan fingerprint density at radius 3 is 2.62 bits per heavy atom. The topological polar surface area (TPSA) is 46.9 Å². The van der Waals surface area contributed by atoms with E-state index in [1.807, 2.05) is 36.7 Å². The maximum absolute atomic E-state index is 12.8. The Labute approximate surface area is 140 Å². The number of aryl methyl sites for hydroxylation is 2. The molecule has 0 atom stereocenters. The summed E-state index contributed by atoms with van der Waals surface area (Å²) in [5, 5.41) is 2.90. The molecule has 4 nitrogen and oxygen atoms in total. The van der Waals surface area contributed by atoms with Crippen LogP contribution in [-0.4, -0.2) is 22.0 Å². The van der Waals surface area contributed by atoms with Crippen LogP contribution in [0.2, 0.25) is 0 Å². The van der Waals surface area contributed by atoms with Crippen LogP contribution in [0.4, 0.5) is 4.39 Å². The minimum atomic E-state index is -0.247. The summed E-state index contributed by atoms with van der Waals surface area (Å²) in [7, 11) is 1.98. The smallest absolute Gasteiger partial charge is 0.224 e. The van der Waals surface area contributed by atoms with Crippen molar-refractivity contribution in [3.05, 3.63) is 65.2 Å². The lowest BCUT2D eigenvalue weighted by molar-refractivity contribution is -0.120. The molecule has 0 saturated carbocycles. The predicted molar refractivity (Wildman–Crippen MR) is 92.3 cm³/mol. The van der Waals surface area contributed by atoms with Gasteiger partial charge in [-0.2, -0.15) is 0 Å². The Balaban J connectivity index is 1.55. The van der Waals surface area contributed by atoms with E-state index < -0.39 is 0 Å². The van der Waals surface area contributed by atoms with Gasteiger partial charge in [-0.3, -0.25) is 4.79 Å². The first-order valence-corrected chi connectivity index (χ1v) is 7.96. The molecule has 3 rings (SSSR count). The van der Waals surface area contributed by atoms with E-state index in [0.717, 1.165) is 28.0 Å². The quantitative estimate of drug-likeness (QED) is 0.784. The summed E-state index contributed by atoms with van der Waals surface area (Å²) < 4.78 is 14.9. The van der Waals surface area contributed by atoms with E-state index in [0.29, 0.717) is 19.4 Å². The van der Waals surface area contributed by atoms with Gasteiger partial charge in [-0.25, -0.2) is 9.37 Å². The zero-order valence-electron chi connectivity index (χ0n) is 13.8. The molecule has 0 unspecified atom stereocenters. The number of benzene rings is 2. The monoisotopic (exact) mass is 325 g/mol. The van der Waals surface area contributed by atoms with Gasteiger partial charge in [0.15, 0.2) is 0 Å². The molecule has 1 heterocycles. The average molecular weight is 325 g/mol. The van der Waals surface area contributed by atoms with Crippen molar-refractivity contribution >= 4 is 16.9 Å². The Hall–Kier alpha value is -2.69. The van der Waals surface area contributed by atoms with Gasteiger partial charge in [0.1, 0.15) is 11.6 Å². The van der Waals surface area contributed by atoms with Crippen molar-refractivity contribution in [2.45, 2.75) is 19.8 Å². The van der Waals surface area contributed by atoms with E-state index in [4.69, 9.17) is 0 Å². The van der Waals surface area contributed by atoms with Gasteiger partial charge in [0.05, 0.1) is 17.5 Å². The number of carbonyl (C=O) groups excluding carboxylic acids is 1. The van der Waals surface area contributed by atoms with E-state index in [2.05, 4.69) is 10.3 Å². The molecule has 0 saturated heterocycles. The van der Waals surface area contributed by atoms with Crippen LogP contribution in [0.25, 0.3) is 11.0 Å². The lowest BCUT2D eigenvalue weighted by Gasteiger charge is -2.06. The summed E-state index contributed by atoms with van der Waals surface area (Å²) in [6.45, 7) is 2.50. The number of nitrogens with zero attached hydrogens (tertiary/aromatic N) is 2. The van der Waals surface area contributed by atoms with Crippen molar-refractivity contribution in [2.75, 3.05) is 6.54 Å². The molecule has 0 bridgehead atoms. The molecule has 1 aromatic heterocycles. The first kappa shape index (κ1) is 16.2. The van der Waals surface area contributed by atoms with Crippen LogP contribution >= 0.6 is 0 Å². The maximum Gasteiger partial charge on any atom is 0.224 e. The number of fused-ring (bicyclic) bond motifs is 1. The lowest BCUT2D eigenvalue weighted by Crippen LogP contribution is -2.27. The molecule has 124 valence electrons. The van der Waals surface area contributed by atoms with Crippen molar-refractivity contribution in [3.8, 4) is 0 Å². The van der Waals surface area contributed by atoms with Gasteiger partial charge in [0, 0.05) is 13.6 Å². The van der Waals surface area contributed by atoms with Crippen LogP contribution in [0.1, 0.15) is 17.0 Å². The molecule has 0 spiro atoms. The van der Waals surface area contributed by atoms with Gasteiger partial charge < -0.3 is 9.88 Å². The molecule has 1 amide bonds. The van der Waals surface area contributed by atoms with Crippen LogP contribution in [0.3, 0.4) is 0 Å². The van der Waals surface area contributed by atoms with E-state index >= 15 is 0 Å². The Morgan fingerprint density at radius 1 is 1.17 bits per heavy atom. The van der Waals surface area contributed by atoms with Gasteiger partial charge in [-0.15, -0.1) is 0 Å². The average Bonchev–Trinajstić information content (AvgIpc) is 2.83. The van der Waals surface area contributed by atoms with Gasteiger partial charge in [-0.1, -0.05) is 18.2 Å². The van der Waals surface area contributed by atoms with E-state index in [1.54, 1.807) is 12.1 Å². The van der Waals surface area contributed by atoms with Crippen molar-refractivity contribution < 1.29 is 9.18 Å². The molecular weight excluding hydrogens is 305 g/mol. The standard InChI is InChI=1S/C19H20FN3O/c1-13-22-17-11-15(5-8-18(17)23(13)2)12-19(24)21-10-9-14-3-6-16(20)7-4-14/h3-8,11H,9-10,12H2,1-2H3,(H,21,24). The highest BCUT2D eigenvalue weighted by molar-refractivity contribution is 5.82. The second kappa shape index (κ2) is 6.83. The van der Waals surface area contributed by atoms with Crippen LogP contribution < -0.4 is 5.32 Å². The largest absolute Gasteiger partial charge is 0.355 e. The fourth-order valence-electron chi connectivity index (χ4n) is 2.72. The number of halogens is 1. The number of imidazole rings is 1. The van der Waals surface area contributed by atoms with E-state index in [1.165, 1.54) is 12.1 Å². The zero-order valence-corrected chi connectivity index (χ0v) is 13.8. The molecule has 1 N–H and O–H groups in total. The fourth-order valence-corrected chi connectivity index (χ4v) is 2.72. The Morgan fingerprint density at radius 2 is 1.88 bits per heavy atom. The molecule has 0 aliphatic heterocycles. The second-order valence-electron chi connectivity index (χ2n) is 5.94. The Kier molecular flexibility index (Phi) is 4.60. The number of aromatic nitrogens is 2. The second-order valence-corrected chi connectivity index (χ2v) is 5.94. The highest BCUT2D eigenvalue weighted by atomic mass is 19.1. The van der Waals surface area contributed by atoms with Crippen LogP contribution in [0.5, 0.6) is 0 Å². The van der Waals surface area contributed by atoms with Gasteiger partial charge in [-0.05, 0) is 48.7 Å². The normalized spacial score (nSPS) is 11.0. The molecular formula is C19H20FN3O. The molecule has 0 fully saturated rings. The maximum atomic E-state index is 12.8. The van der Waals surface area contributed by atoms with Crippen molar-refractivity contribution in [1.82, 2.24) is 14.9 Å². The third-order valence-corrected chi connectivity index (χ3v) is 4.18. The number of amides is 1. The summed E-state index contributed by atoms with van der Waals surface area (Å²) in [6.07, 6.45) is 1.01. The van der Waals surface area contributed by atoms with Crippen molar-refractivity contribution in [1.29, 1.82) is 0 Å². The zero-order chi connectivity index (χ0) is 17.1.